The molecule has 3 aliphatic rings. The topological polar surface area (TPSA) is 36.0 Å². The molecule has 0 radical (unpaired) electrons. The highest BCUT2D eigenvalue weighted by Crippen LogP contribution is 2.31. The molecule has 0 bridgehead atoms. The summed E-state index contributed by atoms with van der Waals surface area (Å²) in [6, 6.07) is 8.82. The van der Waals surface area contributed by atoms with Crippen LogP contribution in [0.1, 0.15) is 32.1 Å². The van der Waals surface area contributed by atoms with Crippen molar-refractivity contribution in [2.45, 2.75) is 38.1 Å². The third kappa shape index (κ3) is 3.54. The van der Waals surface area contributed by atoms with Gasteiger partial charge in [-0.05, 0) is 37.8 Å². The monoisotopic (exact) mass is 357 g/mol. The number of likely N-dealkylation sites (tertiary alicyclic amines) is 1. The van der Waals surface area contributed by atoms with Crippen LogP contribution in [0.5, 0.6) is 5.75 Å². The molecular formula is C21H31N3O2. The number of benzene rings is 1. The van der Waals surface area contributed by atoms with Crippen molar-refractivity contribution < 1.29 is 9.53 Å². The summed E-state index contributed by atoms with van der Waals surface area (Å²) in [5.41, 5.74) is 1.19. The Morgan fingerprint density at radius 1 is 1.00 bits per heavy atom. The Bertz CT molecular complexity index is 623. The fourth-order valence-electron chi connectivity index (χ4n) is 4.59. The van der Waals surface area contributed by atoms with E-state index in [1.54, 1.807) is 7.11 Å². The first-order chi connectivity index (χ1) is 12.8. The summed E-state index contributed by atoms with van der Waals surface area (Å²) in [6.07, 6.45) is 5.83. The van der Waals surface area contributed by atoms with Gasteiger partial charge in [0.05, 0.1) is 12.8 Å². The quantitative estimate of drug-likeness (QED) is 0.830. The minimum absolute atomic E-state index is 0.330. The second-order valence-electron chi connectivity index (χ2n) is 7.90. The molecule has 1 unspecified atom stereocenters. The summed E-state index contributed by atoms with van der Waals surface area (Å²) in [5, 5.41) is 0. The lowest BCUT2D eigenvalue weighted by molar-refractivity contribution is -0.140. The minimum Gasteiger partial charge on any atom is -0.495 e. The Hall–Kier alpha value is -1.75. The molecular weight excluding hydrogens is 326 g/mol. The van der Waals surface area contributed by atoms with Gasteiger partial charge in [0, 0.05) is 51.2 Å². The highest BCUT2D eigenvalue weighted by atomic mass is 16.5. The Morgan fingerprint density at radius 2 is 1.77 bits per heavy atom. The maximum atomic E-state index is 12.6. The predicted octanol–water partition coefficient (Wildman–Crippen LogP) is 2.61. The number of rotatable bonds is 4. The number of para-hydroxylation sites is 2. The van der Waals surface area contributed by atoms with Gasteiger partial charge in [-0.1, -0.05) is 18.6 Å². The van der Waals surface area contributed by atoms with E-state index in [0.29, 0.717) is 17.9 Å². The third-order valence-corrected chi connectivity index (χ3v) is 6.42. The number of piperidine rings is 1. The fraction of sp³-hybridized carbons (Fsp3) is 0.667. The van der Waals surface area contributed by atoms with Gasteiger partial charge in [-0.15, -0.1) is 0 Å². The molecule has 4 rings (SSSR count). The van der Waals surface area contributed by atoms with Gasteiger partial charge in [0.25, 0.3) is 0 Å². The van der Waals surface area contributed by atoms with E-state index in [0.717, 1.165) is 64.3 Å². The lowest BCUT2D eigenvalue weighted by atomic mass is 9.84. The third-order valence-electron chi connectivity index (χ3n) is 6.42. The van der Waals surface area contributed by atoms with Crippen LogP contribution in [0.4, 0.5) is 5.69 Å². The summed E-state index contributed by atoms with van der Waals surface area (Å²) in [6.45, 7) is 6.07. The van der Waals surface area contributed by atoms with E-state index in [4.69, 9.17) is 4.74 Å². The molecule has 2 aliphatic heterocycles. The number of carbonyl (C=O) groups excluding carboxylic acids is 1. The molecule has 1 amide bonds. The first-order valence-corrected chi connectivity index (χ1v) is 10.2. The number of amides is 1. The van der Waals surface area contributed by atoms with Gasteiger partial charge in [0.2, 0.25) is 5.91 Å². The second kappa shape index (κ2) is 7.87. The van der Waals surface area contributed by atoms with Crippen LogP contribution in [0.2, 0.25) is 0 Å². The highest BCUT2D eigenvalue weighted by Gasteiger charge is 2.34. The van der Waals surface area contributed by atoms with Gasteiger partial charge in [-0.25, -0.2) is 0 Å². The summed E-state index contributed by atoms with van der Waals surface area (Å²) < 4.78 is 5.52. The number of nitrogens with zero attached hydrogens (tertiary/aromatic N) is 3. The van der Waals surface area contributed by atoms with Crippen molar-refractivity contribution in [3.8, 4) is 5.75 Å². The maximum Gasteiger partial charge on any atom is 0.225 e. The number of carbonyl (C=O) groups is 1. The molecule has 1 aromatic carbocycles. The zero-order chi connectivity index (χ0) is 17.9. The van der Waals surface area contributed by atoms with Gasteiger partial charge in [-0.2, -0.15) is 0 Å². The maximum absolute atomic E-state index is 12.6. The molecule has 2 heterocycles. The molecule has 2 saturated heterocycles. The lowest BCUT2D eigenvalue weighted by Gasteiger charge is -2.45. The van der Waals surface area contributed by atoms with Crippen molar-refractivity contribution in [1.82, 2.24) is 9.80 Å². The van der Waals surface area contributed by atoms with Crippen molar-refractivity contribution in [2.75, 3.05) is 51.3 Å². The largest absolute Gasteiger partial charge is 0.495 e. The van der Waals surface area contributed by atoms with E-state index in [9.17, 15) is 4.79 Å². The molecule has 1 atom stereocenters. The molecule has 5 heteroatoms. The van der Waals surface area contributed by atoms with Gasteiger partial charge >= 0.3 is 0 Å². The Balaban J connectivity index is 1.33. The zero-order valence-electron chi connectivity index (χ0n) is 15.9. The summed E-state index contributed by atoms with van der Waals surface area (Å²) in [7, 11) is 1.74. The van der Waals surface area contributed by atoms with E-state index in [1.807, 2.05) is 12.1 Å². The average molecular weight is 357 g/mol. The van der Waals surface area contributed by atoms with Crippen molar-refractivity contribution in [3.63, 3.8) is 0 Å². The Kier molecular flexibility index (Phi) is 5.34. The Morgan fingerprint density at radius 3 is 2.46 bits per heavy atom. The van der Waals surface area contributed by atoms with Crippen LogP contribution in [-0.2, 0) is 4.79 Å². The van der Waals surface area contributed by atoms with Crippen LogP contribution in [0.25, 0.3) is 0 Å². The van der Waals surface area contributed by atoms with Crippen LogP contribution >= 0.6 is 0 Å². The molecule has 0 spiro atoms. The SMILES string of the molecule is COc1ccccc1N1CCN(C2CCCN(C(=O)C3CCC3)C2)CC1. The van der Waals surface area contributed by atoms with Gasteiger partial charge in [0.1, 0.15) is 5.75 Å². The average Bonchev–Trinajstić information content (AvgIpc) is 2.67. The van der Waals surface area contributed by atoms with Gasteiger partial charge in [0.15, 0.2) is 0 Å². The van der Waals surface area contributed by atoms with E-state index < -0.39 is 0 Å². The van der Waals surface area contributed by atoms with Crippen LogP contribution < -0.4 is 9.64 Å². The fourth-order valence-corrected chi connectivity index (χ4v) is 4.59. The van der Waals surface area contributed by atoms with E-state index in [2.05, 4.69) is 26.8 Å². The summed E-state index contributed by atoms with van der Waals surface area (Å²) in [4.78, 5) is 19.8. The van der Waals surface area contributed by atoms with Gasteiger partial charge in [-0.3, -0.25) is 9.69 Å². The first-order valence-electron chi connectivity index (χ1n) is 10.2. The first kappa shape index (κ1) is 17.7. The summed E-state index contributed by atoms with van der Waals surface area (Å²) >= 11 is 0. The standard InChI is InChI=1S/C21H31N3O2/c1-26-20-10-3-2-9-19(20)23-14-12-22(13-15-23)18-8-5-11-24(16-18)21(25)17-6-4-7-17/h2-3,9-10,17-18H,4-8,11-16H2,1H3. The van der Waals surface area contributed by atoms with Gasteiger partial charge < -0.3 is 14.5 Å². The lowest BCUT2D eigenvalue weighted by Crippen LogP contribution is -2.56. The second-order valence-corrected chi connectivity index (χ2v) is 7.90. The number of anilines is 1. The van der Waals surface area contributed by atoms with Crippen LogP contribution in [-0.4, -0.2) is 68.1 Å². The van der Waals surface area contributed by atoms with Crippen molar-refractivity contribution in [3.05, 3.63) is 24.3 Å². The van der Waals surface area contributed by atoms with Crippen LogP contribution in [0.3, 0.4) is 0 Å². The highest BCUT2D eigenvalue weighted by molar-refractivity contribution is 5.79. The van der Waals surface area contributed by atoms with Crippen molar-refractivity contribution in [1.29, 1.82) is 0 Å². The molecule has 0 N–H and O–H groups in total. The number of hydrogen-bond donors (Lipinski definition) is 0. The van der Waals surface area contributed by atoms with E-state index >= 15 is 0 Å². The van der Waals surface area contributed by atoms with Crippen LogP contribution in [0.15, 0.2) is 24.3 Å². The molecule has 0 aromatic heterocycles. The molecule has 26 heavy (non-hydrogen) atoms. The van der Waals surface area contributed by atoms with Crippen molar-refractivity contribution in [2.24, 2.45) is 5.92 Å². The number of piperazine rings is 1. The van der Waals surface area contributed by atoms with E-state index in [1.165, 1.54) is 18.5 Å². The smallest absolute Gasteiger partial charge is 0.225 e. The minimum atomic E-state index is 0.330. The number of methoxy groups -OCH3 is 1. The predicted molar refractivity (Wildman–Crippen MR) is 104 cm³/mol. The molecule has 3 fully saturated rings. The number of hydrogen-bond acceptors (Lipinski definition) is 4. The Labute approximate surface area is 156 Å². The van der Waals surface area contributed by atoms with E-state index in [-0.39, 0.29) is 0 Å². The zero-order valence-corrected chi connectivity index (χ0v) is 15.9. The van der Waals surface area contributed by atoms with Crippen LogP contribution in [0, 0.1) is 5.92 Å². The molecule has 142 valence electrons. The van der Waals surface area contributed by atoms with Crippen molar-refractivity contribution >= 4 is 11.6 Å². The normalized spacial score (nSPS) is 25.0. The molecule has 5 nitrogen and oxygen atoms in total. The number of ether oxygens (including phenoxy) is 1. The summed E-state index contributed by atoms with van der Waals surface area (Å²) in [5.74, 6) is 1.71. The molecule has 1 aromatic rings. The molecule has 1 aliphatic carbocycles. The molecule has 1 saturated carbocycles.